The van der Waals surface area contributed by atoms with Crippen LogP contribution in [0.15, 0.2) is 70.9 Å². The monoisotopic (exact) mass is 439 g/mol. The lowest BCUT2D eigenvalue weighted by molar-refractivity contribution is -0.139. The molecule has 0 aromatic heterocycles. The molecule has 2 aromatic rings. The predicted molar refractivity (Wildman–Crippen MR) is 123 cm³/mol. The number of benzene rings is 2. The lowest BCUT2D eigenvalue weighted by Crippen LogP contribution is -2.31. The van der Waals surface area contributed by atoms with Crippen molar-refractivity contribution in [2.75, 3.05) is 24.8 Å². The highest BCUT2D eigenvalue weighted by atomic mass is 32.2. The maximum Gasteiger partial charge on any atom is 0.338 e. The van der Waals surface area contributed by atoms with Crippen LogP contribution in [0.2, 0.25) is 0 Å². The van der Waals surface area contributed by atoms with Crippen molar-refractivity contribution in [1.82, 2.24) is 5.32 Å². The Hall–Kier alpha value is -3.26. The standard InChI is InChI=1S/C23H25N3O4S/c1-4-30-22(28)20-15(2)24-23(26-21(20)17-12-8-9-13-18(17)29-3)31-14-19(27)25-16-10-6-5-7-11-16/h5-13,21H,4,14H2,1-3H3,(H,24,26)(H,25,27)/t21-/m1/s1. The van der Waals surface area contributed by atoms with E-state index in [1.807, 2.05) is 54.6 Å². The van der Waals surface area contributed by atoms with Gasteiger partial charge >= 0.3 is 5.97 Å². The quantitative estimate of drug-likeness (QED) is 0.636. The number of rotatable bonds is 7. The van der Waals surface area contributed by atoms with E-state index in [1.165, 1.54) is 11.8 Å². The number of ether oxygens (including phenoxy) is 2. The molecule has 8 heteroatoms. The number of thioether (sulfide) groups is 1. The Labute approximate surface area is 185 Å². The number of para-hydroxylation sites is 2. The molecule has 2 aromatic carbocycles. The van der Waals surface area contributed by atoms with Crippen molar-refractivity contribution in [2.24, 2.45) is 4.99 Å². The highest BCUT2D eigenvalue weighted by molar-refractivity contribution is 8.14. The summed E-state index contributed by atoms with van der Waals surface area (Å²) in [6, 6.07) is 16.1. The minimum Gasteiger partial charge on any atom is -0.496 e. The van der Waals surface area contributed by atoms with Crippen LogP contribution in [-0.2, 0) is 14.3 Å². The fourth-order valence-electron chi connectivity index (χ4n) is 3.16. The number of amides is 1. The molecule has 0 saturated carbocycles. The highest BCUT2D eigenvalue weighted by Gasteiger charge is 2.32. The summed E-state index contributed by atoms with van der Waals surface area (Å²) in [5.41, 5.74) is 2.54. The van der Waals surface area contributed by atoms with E-state index in [-0.39, 0.29) is 18.3 Å². The van der Waals surface area contributed by atoms with Gasteiger partial charge in [0.05, 0.1) is 25.0 Å². The lowest BCUT2D eigenvalue weighted by Gasteiger charge is -2.26. The molecule has 1 amide bonds. The molecule has 0 aliphatic carbocycles. The summed E-state index contributed by atoms with van der Waals surface area (Å²) < 4.78 is 10.7. The van der Waals surface area contributed by atoms with Crippen LogP contribution in [0.5, 0.6) is 5.75 Å². The molecule has 1 heterocycles. The van der Waals surface area contributed by atoms with Crippen LogP contribution in [0.25, 0.3) is 0 Å². The number of hydrogen-bond donors (Lipinski definition) is 2. The van der Waals surface area contributed by atoms with Crippen molar-refractivity contribution in [3.63, 3.8) is 0 Å². The first-order valence-corrected chi connectivity index (χ1v) is 10.8. The molecular formula is C23H25N3O4S. The third kappa shape index (κ3) is 5.67. The van der Waals surface area contributed by atoms with Crippen LogP contribution in [0.4, 0.5) is 5.69 Å². The fourth-order valence-corrected chi connectivity index (χ4v) is 3.91. The van der Waals surface area contributed by atoms with Crippen molar-refractivity contribution in [3.05, 3.63) is 71.4 Å². The van der Waals surface area contributed by atoms with Gasteiger partial charge in [0.2, 0.25) is 5.91 Å². The molecular weight excluding hydrogens is 414 g/mol. The van der Waals surface area contributed by atoms with E-state index in [9.17, 15) is 9.59 Å². The summed E-state index contributed by atoms with van der Waals surface area (Å²) in [7, 11) is 1.58. The van der Waals surface area contributed by atoms with E-state index < -0.39 is 12.0 Å². The van der Waals surface area contributed by atoms with Gasteiger partial charge in [-0.2, -0.15) is 0 Å². The first-order valence-electron chi connectivity index (χ1n) is 9.86. The molecule has 1 atom stereocenters. The first-order chi connectivity index (χ1) is 15.0. The van der Waals surface area contributed by atoms with E-state index in [0.29, 0.717) is 22.2 Å². The number of amidine groups is 1. The molecule has 0 radical (unpaired) electrons. The van der Waals surface area contributed by atoms with Crippen LogP contribution < -0.4 is 15.4 Å². The van der Waals surface area contributed by atoms with Crippen molar-refractivity contribution in [1.29, 1.82) is 0 Å². The van der Waals surface area contributed by atoms with E-state index in [2.05, 4.69) is 10.6 Å². The second kappa shape index (κ2) is 10.7. The van der Waals surface area contributed by atoms with Crippen LogP contribution in [0, 0.1) is 0 Å². The Kier molecular flexibility index (Phi) is 7.72. The normalized spacial score (nSPS) is 15.6. The van der Waals surface area contributed by atoms with Crippen molar-refractivity contribution >= 4 is 34.5 Å². The van der Waals surface area contributed by atoms with E-state index in [4.69, 9.17) is 14.5 Å². The van der Waals surface area contributed by atoms with Gasteiger partial charge in [-0.3, -0.25) is 4.79 Å². The molecule has 7 nitrogen and oxygen atoms in total. The van der Waals surface area contributed by atoms with Gasteiger partial charge in [-0.1, -0.05) is 48.2 Å². The Morgan fingerprint density at radius 2 is 1.84 bits per heavy atom. The minimum absolute atomic E-state index is 0.146. The van der Waals surface area contributed by atoms with E-state index >= 15 is 0 Å². The molecule has 0 spiro atoms. The van der Waals surface area contributed by atoms with Crippen LogP contribution in [0.3, 0.4) is 0 Å². The lowest BCUT2D eigenvalue weighted by atomic mass is 9.96. The van der Waals surface area contributed by atoms with Crippen molar-refractivity contribution in [2.45, 2.75) is 19.9 Å². The zero-order valence-electron chi connectivity index (χ0n) is 17.7. The Morgan fingerprint density at radius 3 is 2.55 bits per heavy atom. The molecule has 1 aliphatic rings. The van der Waals surface area contributed by atoms with E-state index in [1.54, 1.807) is 21.0 Å². The van der Waals surface area contributed by atoms with E-state index in [0.717, 1.165) is 11.3 Å². The van der Waals surface area contributed by atoms with Crippen LogP contribution in [0.1, 0.15) is 25.5 Å². The van der Waals surface area contributed by atoms with Gasteiger partial charge in [-0.15, -0.1) is 0 Å². The average Bonchev–Trinajstić information content (AvgIpc) is 2.78. The maximum absolute atomic E-state index is 12.7. The van der Waals surface area contributed by atoms with Gasteiger partial charge in [0.15, 0.2) is 5.17 Å². The summed E-state index contributed by atoms with van der Waals surface area (Å²) in [6.07, 6.45) is 0. The number of esters is 1. The number of methoxy groups -OCH3 is 1. The molecule has 0 saturated heterocycles. The molecule has 31 heavy (non-hydrogen) atoms. The van der Waals surface area contributed by atoms with Gasteiger partial charge in [0.1, 0.15) is 11.8 Å². The Morgan fingerprint density at radius 1 is 1.13 bits per heavy atom. The fraction of sp³-hybridized carbons (Fsp3) is 0.261. The molecule has 0 fully saturated rings. The zero-order valence-corrected chi connectivity index (χ0v) is 18.5. The van der Waals surface area contributed by atoms with Gasteiger partial charge in [0.25, 0.3) is 0 Å². The minimum atomic E-state index is -0.601. The van der Waals surface area contributed by atoms with Gasteiger partial charge < -0.3 is 20.1 Å². The maximum atomic E-state index is 12.7. The number of anilines is 1. The summed E-state index contributed by atoms with van der Waals surface area (Å²) in [6.45, 7) is 3.82. The summed E-state index contributed by atoms with van der Waals surface area (Å²) >= 11 is 1.27. The third-order valence-electron chi connectivity index (χ3n) is 4.54. The SMILES string of the molecule is CCOC(=O)C1=C(C)NC(SCC(=O)Nc2ccccc2)=N[C@@H]1c1ccccc1OC. The molecule has 1 aliphatic heterocycles. The molecule has 0 bridgehead atoms. The molecule has 2 N–H and O–H groups in total. The third-order valence-corrected chi connectivity index (χ3v) is 5.43. The van der Waals surface area contributed by atoms with Gasteiger partial charge in [-0.05, 0) is 32.0 Å². The average molecular weight is 440 g/mol. The number of carbonyl (C=O) groups is 2. The zero-order chi connectivity index (χ0) is 22.2. The Balaban J connectivity index is 1.82. The summed E-state index contributed by atoms with van der Waals surface area (Å²) in [5.74, 6) is 0.214. The molecule has 0 unspecified atom stereocenters. The van der Waals surface area contributed by atoms with Crippen molar-refractivity contribution < 1.29 is 19.1 Å². The number of hydrogen-bond acceptors (Lipinski definition) is 7. The number of nitrogens with one attached hydrogen (secondary N) is 2. The van der Waals surface area contributed by atoms with Crippen LogP contribution in [-0.4, -0.2) is 36.5 Å². The van der Waals surface area contributed by atoms with Crippen molar-refractivity contribution in [3.8, 4) is 5.75 Å². The molecule has 162 valence electrons. The number of nitrogens with zero attached hydrogens (tertiary/aromatic N) is 1. The molecule has 3 rings (SSSR count). The second-order valence-electron chi connectivity index (χ2n) is 6.67. The second-order valence-corrected chi connectivity index (χ2v) is 7.63. The van der Waals surface area contributed by atoms with Gasteiger partial charge in [-0.25, -0.2) is 9.79 Å². The Bertz CT molecular complexity index is 1000. The highest BCUT2D eigenvalue weighted by Crippen LogP contribution is 2.37. The number of carbonyl (C=O) groups excluding carboxylic acids is 2. The van der Waals surface area contributed by atoms with Gasteiger partial charge in [0, 0.05) is 16.9 Å². The summed E-state index contributed by atoms with van der Waals surface area (Å²) in [4.78, 5) is 29.7. The smallest absolute Gasteiger partial charge is 0.338 e. The number of aliphatic imine (C=N–C) groups is 1. The first kappa shape index (κ1) is 22.4. The number of allylic oxidation sites excluding steroid dienone is 1. The summed E-state index contributed by atoms with van der Waals surface area (Å²) in [5, 5.41) is 6.53. The predicted octanol–water partition coefficient (Wildman–Crippen LogP) is 3.90. The largest absolute Gasteiger partial charge is 0.496 e. The topological polar surface area (TPSA) is 89.0 Å². The van der Waals surface area contributed by atoms with Crippen LogP contribution >= 0.6 is 11.8 Å².